The van der Waals surface area contributed by atoms with Crippen LogP contribution in [-0.4, -0.2) is 39.8 Å². The van der Waals surface area contributed by atoms with Gasteiger partial charge in [0, 0.05) is 36.6 Å². The molecule has 1 aliphatic rings. The van der Waals surface area contributed by atoms with Crippen LogP contribution in [0.5, 0.6) is 0 Å². The summed E-state index contributed by atoms with van der Waals surface area (Å²) >= 11 is 1.86. The van der Waals surface area contributed by atoms with E-state index in [1.807, 2.05) is 18.7 Å². The molecule has 2 rings (SSSR count). The van der Waals surface area contributed by atoms with Crippen LogP contribution in [0.4, 0.5) is 13.2 Å². The lowest BCUT2D eigenvalue weighted by Gasteiger charge is -2.17. The molecule has 0 radical (unpaired) electrons. The van der Waals surface area contributed by atoms with E-state index in [9.17, 15) is 13.2 Å². The lowest BCUT2D eigenvalue weighted by Crippen LogP contribution is -2.42. The number of nitrogens with zero attached hydrogens (tertiary/aromatic N) is 3. The van der Waals surface area contributed by atoms with Crippen molar-refractivity contribution in [2.24, 2.45) is 12.0 Å². The molecule has 0 spiro atoms. The Balaban J connectivity index is 0.00000312. The normalized spacial score (nSPS) is 21.1. The number of aryl methyl sites for hydroxylation is 1. The van der Waals surface area contributed by atoms with Crippen molar-refractivity contribution >= 4 is 41.7 Å². The maximum atomic E-state index is 13.0. The summed E-state index contributed by atoms with van der Waals surface area (Å²) in [5, 5.41) is 10.6. The molecule has 1 fully saturated rings. The van der Waals surface area contributed by atoms with E-state index in [1.165, 1.54) is 17.9 Å². The molecule has 0 aromatic carbocycles. The third kappa shape index (κ3) is 6.54. The standard InChI is InChI=1S/C15H24F3N5S.HI/c1-4-19-14(21-11-5-6-12(7-11)24-3)20-8-10-9-23(2)22-13(10)15(16,17)18;/h9,11-12H,4-8H2,1-3H3,(H2,19,20,21);1H. The number of aromatic nitrogens is 2. The Labute approximate surface area is 167 Å². The summed E-state index contributed by atoms with van der Waals surface area (Å²) in [5.41, 5.74) is -0.788. The van der Waals surface area contributed by atoms with Gasteiger partial charge >= 0.3 is 6.18 Å². The third-order valence-electron chi connectivity index (χ3n) is 3.98. The summed E-state index contributed by atoms with van der Waals surface area (Å²) in [6.45, 7) is 2.53. The zero-order valence-corrected chi connectivity index (χ0v) is 17.7. The lowest BCUT2D eigenvalue weighted by atomic mass is 10.2. The lowest BCUT2D eigenvalue weighted by molar-refractivity contribution is -0.142. The van der Waals surface area contributed by atoms with Crippen molar-refractivity contribution in [3.8, 4) is 0 Å². The van der Waals surface area contributed by atoms with Gasteiger partial charge in [0.15, 0.2) is 11.7 Å². The molecule has 1 aliphatic carbocycles. The fourth-order valence-corrected chi connectivity index (χ4v) is 3.65. The monoisotopic (exact) mass is 491 g/mol. The first kappa shape index (κ1) is 22.4. The van der Waals surface area contributed by atoms with E-state index in [2.05, 4.69) is 27.0 Å². The average molecular weight is 491 g/mol. The van der Waals surface area contributed by atoms with Gasteiger partial charge in [-0.2, -0.15) is 30.0 Å². The molecule has 1 aromatic rings. The molecule has 1 heterocycles. The van der Waals surface area contributed by atoms with Gasteiger partial charge in [-0.15, -0.1) is 24.0 Å². The Kier molecular flexibility index (Phi) is 8.85. The first-order chi connectivity index (χ1) is 11.3. The Hall–Kier alpha value is -0.650. The van der Waals surface area contributed by atoms with Gasteiger partial charge in [-0.3, -0.25) is 4.68 Å². The number of guanidine groups is 1. The van der Waals surface area contributed by atoms with Gasteiger partial charge in [-0.25, -0.2) is 4.99 Å². The van der Waals surface area contributed by atoms with Gasteiger partial charge in [0.2, 0.25) is 0 Å². The van der Waals surface area contributed by atoms with E-state index in [-0.39, 0.29) is 36.1 Å². The SMILES string of the molecule is CCNC(=NCc1cn(C)nc1C(F)(F)F)NC1CCC(SC)C1.I. The fraction of sp³-hybridized carbons (Fsp3) is 0.733. The van der Waals surface area contributed by atoms with Crippen LogP contribution in [0, 0.1) is 0 Å². The highest BCUT2D eigenvalue weighted by Gasteiger charge is 2.36. The molecule has 0 bridgehead atoms. The number of aliphatic imine (C=N–C) groups is 1. The molecule has 0 saturated heterocycles. The van der Waals surface area contributed by atoms with Crippen molar-refractivity contribution in [3.63, 3.8) is 0 Å². The average Bonchev–Trinajstić information content (AvgIpc) is 3.10. The first-order valence-electron chi connectivity index (χ1n) is 8.00. The van der Waals surface area contributed by atoms with Crippen LogP contribution in [0.15, 0.2) is 11.2 Å². The molecule has 2 unspecified atom stereocenters. The molecule has 1 aromatic heterocycles. The van der Waals surface area contributed by atoms with Crippen molar-refractivity contribution in [1.82, 2.24) is 20.4 Å². The maximum Gasteiger partial charge on any atom is 0.435 e. The number of halogens is 4. The highest BCUT2D eigenvalue weighted by atomic mass is 127. The molecule has 25 heavy (non-hydrogen) atoms. The second-order valence-electron chi connectivity index (χ2n) is 5.88. The summed E-state index contributed by atoms with van der Waals surface area (Å²) in [4.78, 5) is 4.32. The van der Waals surface area contributed by atoms with Crippen molar-refractivity contribution in [3.05, 3.63) is 17.5 Å². The largest absolute Gasteiger partial charge is 0.435 e. The third-order valence-corrected chi connectivity index (χ3v) is 5.08. The number of rotatable bonds is 5. The van der Waals surface area contributed by atoms with Crippen LogP contribution in [0.1, 0.15) is 37.4 Å². The quantitative estimate of drug-likeness (QED) is 0.377. The predicted octanol–water partition coefficient (Wildman–Crippen LogP) is 3.40. The van der Waals surface area contributed by atoms with Gasteiger partial charge in [0.25, 0.3) is 0 Å². The zero-order chi connectivity index (χ0) is 17.7. The van der Waals surface area contributed by atoms with E-state index in [4.69, 9.17) is 0 Å². The molecule has 1 saturated carbocycles. The van der Waals surface area contributed by atoms with Crippen molar-refractivity contribution < 1.29 is 13.2 Å². The molecular formula is C15H25F3IN5S. The fourth-order valence-electron chi connectivity index (χ4n) is 2.85. The number of alkyl halides is 3. The highest BCUT2D eigenvalue weighted by Crippen LogP contribution is 2.31. The van der Waals surface area contributed by atoms with E-state index in [0.29, 0.717) is 23.8 Å². The van der Waals surface area contributed by atoms with Gasteiger partial charge in [-0.1, -0.05) is 0 Å². The van der Waals surface area contributed by atoms with E-state index >= 15 is 0 Å². The molecule has 144 valence electrons. The molecule has 0 aliphatic heterocycles. The molecule has 2 atom stereocenters. The number of hydrogen-bond acceptors (Lipinski definition) is 3. The van der Waals surface area contributed by atoms with Gasteiger partial charge in [-0.05, 0) is 32.4 Å². The van der Waals surface area contributed by atoms with Gasteiger partial charge in [0.1, 0.15) is 0 Å². The summed E-state index contributed by atoms with van der Waals surface area (Å²) in [5.74, 6) is 0.557. The Bertz CT molecular complexity index is 576. The minimum atomic E-state index is -4.46. The van der Waals surface area contributed by atoms with Crippen molar-refractivity contribution in [1.29, 1.82) is 0 Å². The molecule has 0 amide bonds. The van der Waals surface area contributed by atoms with Crippen molar-refractivity contribution in [2.75, 3.05) is 12.8 Å². The van der Waals surface area contributed by atoms with Gasteiger partial charge in [0.05, 0.1) is 6.54 Å². The maximum absolute atomic E-state index is 13.0. The number of thioether (sulfide) groups is 1. The van der Waals surface area contributed by atoms with Gasteiger partial charge < -0.3 is 10.6 Å². The van der Waals surface area contributed by atoms with Crippen LogP contribution in [0.25, 0.3) is 0 Å². The Morgan fingerprint density at radius 1 is 1.44 bits per heavy atom. The first-order valence-corrected chi connectivity index (χ1v) is 9.29. The van der Waals surface area contributed by atoms with Crippen LogP contribution >= 0.6 is 35.7 Å². The van der Waals surface area contributed by atoms with Crippen LogP contribution < -0.4 is 10.6 Å². The predicted molar refractivity (Wildman–Crippen MR) is 107 cm³/mol. The second-order valence-corrected chi connectivity index (χ2v) is 7.02. The highest BCUT2D eigenvalue weighted by molar-refractivity contribution is 14.0. The molecule has 10 heteroatoms. The summed E-state index contributed by atoms with van der Waals surface area (Å²) in [6.07, 6.45) is 2.26. The summed E-state index contributed by atoms with van der Waals surface area (Å²) < 4.78 is 40.1. The summed E-state index contributed by atoms with van der Waals surface area (Å²) in [7, 11) is 1.48. The van der Waals surface area contributed by atoms with Crippen LogP contribution in [0.2, 0.25) is 0 Å². The summed E-state index contributed by atoms with van der Waals surface area (Å²) in [6, 6.07) is 0.316. The molecule has 2 N–H and O–H groups in total. The minimum Gasteiger partial charge on any atom is -0.357 e. The second kappa shape index (κ2) is 9.89. The van der Waals surface area contributed by atoms with Crippen molar-refractivity contribution in [2.45, 2.75) is 50.2 Å². The Morgan fingerprint density at radius 3 is 2.72 bits per heavy atom. The number of nitrogens with one attached hydrogen (secondary N) is 2. The smallest absolute Gasteiger partial charge is 0.357 e. The van der Waals surface area contributed by atoms with E-state index in [0.717, 1.165) is 19.3 Å². The van der Waals surface area contributed by atoms with E-state index in [1.54, 1.807) is 0 Å². The number of hydrogen-bond donors (Lipinski definition) is 2. The van der Waals surface area contributed by atoms with E-state index < -0.39 is 11.9 Å². The molecular weight excluding hydrogens is 466 g/mol. The topological polar surface area (TPSA) is 54.2 Å². The zero-order valence-electron chi connectivity index (χ0n) is 14.6. The molecule has 5 nitrogen and oxygen atoms in total. The van der Waals surface area contributed by atoms with Crippen LogP contribution in [-0.2, 0) is 19.8 Å². The van der Waals surface area contributed by atoms with Crippen LogP contribution in [0.3, 0.4) is 0 Å². The Morgan fingerprint density at radius 2 is 2.16 bits per heavy atom. The minimum absolute atomic E-state index is 0.